The number of para-hydroxylation sites is 2. The third-order valence-corrected chi connectivity index (χ3v) is 3.93. The molecule has 24 heavy (non-hydrogen) atoms. The molecule has 0 spiro atoms. The lowest BCUT2D eigenvalue weighted by molar-refractivity contribution is -0.116. The molecule has 5 nitrogen and oxygen atoms in total. The summed E-state index contributed by atoms with van der Waals surface area (Å²) in [7, 11) is 0. The predicted octanol–water partition coefficient (Wildman–Crippen LogP) is 3.44. The largest absolute Gasteiger partial charge is 0.325 e. The Labute approximate surface area is 140 Å². The second-order valence-electron chi connectivity index (χ2n) is 5.64. The van der Waals surface area contributed by atoms with Crippen LogP contribution in [0.1, 0.15) is 30.0 Å². The summed E-state index contributed by atoms with van der Waals surface area (Å²) in [6.45, 7) is 3.75. The van der Waals surface area contributed by atoms with E-state index in [9.17, 15) is 9.59 Å². The molecule has 1 aromatic heterocycles. The Kier molecular flexibility index (Phi) is 4.42. The fourth-order valence-corrected chi connectivity index (χ4v) is 2.70. The fourth-order valence-electron chi connectivity index (χ4n) is 2.70. The Morgan fingerprint density at radius 1 is 1.08 bits per heavy atom. The van der Waals surface area contributed by atoms with Gasteiger partial charge in [0.2, 0.25) is 5.91 Å². The average molecular weight is 321 g/mol. The van der Waals surface area contributed by atoms with Gasteiger partial charge < -0.3 is 9.88 Å². The van der Waals surface area contributed by atoms with Gasteiger partial charge in [0.05, 0.1) is 11.0 Å². The van der Waals surface area contributed by atoms with Crippen LogP contribution in [0.25, 0.3) is 11.0 Å². The number of ketones is 1. The van der Waals surface area contributed by atoms with Crippen LogP contribution in [0, 0.1) is 0 Å². The molecular weight excluding hydrogens is 302 g/mol. The first kappa shape index (κ1) is 15.9. The van der Waals surface area contributed by atoms with Crippen molar-refractivity contribution in [2.75, 3.05) is 5.32 Å². The zero-order valence-electron chi connectivity index (χ0n) is 13.7. The van der Waals surface area contributed by atoms with E-state index in [1.807, 2.05) is 35.8 Å². The van der Waals surface area contributed by atoms with Crippen LogP contribution in [0.4, 0.5) is 5.69 Å². The number of anilines is 1. The SMILES string of the molecule is CCc1nc2ccccc2n1CC(=O)Nc1ccc(C(C)=O)cc1. The van der Waals surface area contributed by atoms with Crippen LogP contribution in [0.3, 0.4) is 0 Å². The van der Waals surface area contributed by atoms with Crippen molar-refractivity contribution in [2.24, 2.45) is 0 Å². The van der Waals surface area contributed by atoms with Gasteiger partial charge >= 0.3 is 0 Å². The topological polar surface area (TPSA) is 64.0 Å². The van der Waals surface area contributed by atoms with E-state index in [0.717, 1.165) is 23.3 Å². The number of carbonyl (C=O) groups is 2. The van der Waals surface area contributed by atoms with Gasteiger partial charge in [-0.15, -0.1) is 0 Å². The minimum absolute atomic E-state index is 0.00495. The normalized spacial score (nSPS) is 10.8. The molecule has 1 N–H and O–H groups in total. The van der Waals surface area contributed by atoms with Crippen molar-refractivity contribution in [3.8, 4) is 0 Å². The van der Waals surface area contributed by atoms with Gasteiger partial charge in [0.1, 0.15) is 12.4 Å². The quantitative estimate of drug-likeness (QED) is 0.732. The van der Waals surface area contributed by atoms with E-state index >= 15 is 0 Å². The molecule has 0 saturated carbocycles. The summed E-state index contributed by atoms with van der Waals surface area (Å²) >= 11 is 0. The number of aromatic nitrogens is 2. The van der Waals surface area contributed by atoms with E-state index in [0.29, 0.717) is 11.3 Å². The lowest BCUT2D eigenvalue weighted by Crippen LogP contribution is -2.20. The van der Waals surface area contributed by atoms with Gasteiger partial charge in [0.25, 0.3) is 0 Å². The van der Waals surface area contributed by atoms with Crippen molar-refractivity contribution in [2.45, 2.75) is 26.8 Å². The summed E-state index contributed by atoms with van der Waals surface area (Å²) in [6, 6.07) is 14.7. The Hall–Kier alpha value is -2.95. The first-order valence-electron chi connectivity index (χ1n) is 7.93. The number of nitrogens with one attached hydrogen (secondary N) is 1. The summed E-state index contributed by atoms with van der Waals surface area (Å²) < 4.78 is 1.94. The van der Waals surface area contributed by atoms with Gasteiger partial charge in [0, 0.05) is 17.7 Å². The number of benzene rings is 2. The first-order chi connectivity index (χ1) is 11.6. The molecule has 2 aromatic carbocycles. The van der Waals surface area contributed by atoms with Crippen LogP contribution < -0.4 is 5.32 Å². The summed E-state index contributed by atoms with van der Waals surface area (Å²) in [5, 5.41) is 2.86. The number of carbonyl (C=O) groups excluding carboxylic acids is 2. The van der Waals surface area contributed by atoms with Crippen LogP contribution >= 0.6 is 0 Å². The van der Waals surface area contributed by atoms with Crippen molar-refractivity contribution in [1.82, 2.24) is 9.55 Å². The van der Waals surface area contributed by atoms with E-state index in [1.165, 1.54) is 6.92 Å². The minimum atomic E-state index is -0.122. The number of fused-ring (bicyclic) bond motifs is 1. The predicted molar refractivity (Wildman–Crippen MR) is 94.2 cm³/mol. The van der Waals surface area contributed by atoms with Crippen LogP contribution in [0.2, 0.25) is 0 Å². The highest BCUT2D eigenvalue weighted by molar-refractivity contribution is 5.95. The van der Waals surface area contributed by atoms with Crippen molar-refractivity contribution < 1.29 is 9.59 Å². The summed E-state index contributed by atoms with van der Waals surface area (Å²) in [5.74, 6) is 0.770. The summed E-state index contributed by atoms with van der Waals surface area (Å²) in [5.41, 5.74) is 3.15. The molecule has 5 heteroatoms. The molecule has 0 aliphatic rings. The number of hydrogen-bond acceptors (Lipinski definition) is 3. The highest BCUT2D eigenvalue weighted by atomic mass is 16.2. The minimum Gasteiger partial charge on any atom is -0.325 e. The maximum absolute atomic E-state index is 12.4. The second kappa shape index (κ2) is 6.66. The zero-order valence-corrected chi connectivity index (χ0v) is 13.7. The Morgan fingerprint density at radius 2 is 1.79 bits per heavy atom. The number of imidazole rings is 1. The van der Waals surface area contributed by atoms with Crippen molar-refractivity contribution in [3.63, 3.8) is 0 Å². The molecule has 0 radical (unpaired) electrons. The molecule has 0 aliphatic carbocycles. The van der Waals surface area contributed by atoms with E-state index in [2.05, 4.69) is 10.3 Å². The molecule has 0 atom stereocenters. The van der Waals surface area contributed by atoms with Crippen molar-refractivity contribution in [3.05, 3.63) is 59.9 Å². The first-order valence-corrected chi connectivity index (χ1v) is 7.93. The van der Waals surface area contributed by atoms with E-state index in [1.54, 1.807) is 24.3 Å². The summed E-state index contributed by atoms with van der Waals surface area (Å²) in [4.78, 5) is 28.2. The lowest BCUT2D eigenvalue weighted by atomic mass is 10.1. The molecule has 3 rings (SSSR count). The van der Waals surface area contributed by atoms with E-state index in [-0.39, 0.29) is 18.2 Å². The van der Waals surface area contributed by atoms with Crippen LogP contribution in [0.15, 0.2) is 48.5 Å². The molecular formula is C19H19N3O2. The molecule has 0 aliphatic heterocycles. The van der Waals surface area contributed by atoms with E-state index in [4.69, 9.17) is 0 Å². The molecule has 122 valence electrons. The number of nitrogens with zero attached hydrogens (tertiary/aromatic N) is 2. The number of Topliss-reactive ketones (excluding diaryl/α,β-unsaturated/α-hetero) is 1. The maximum atomic E-state index is 12.4. The van der Waals surface area contributed by atoms with Crippen LogP contribution in [-0.4, -0.2) is 21.2 Å². The Morgan fingerprint density at radius 3 is 2.46 bits per heavy atom. The highest BCUT2D eigenvalue weighted by Gasteiger charge is 2.12. The van der Waals surface area contributed by atoms with Crippen LogP contribution in [-0.2, 0) is 17.8 Å². The third-order valence-electron chi connectivity index (χ3n) is 3.93. The molecule has 0 fully saturated rings. The number of hydrogen-bond donors (Lipinski definition) is 1. The fraction of sp³-hybridized carbons (Fsp3) is 0.211. The van der Waals surface area contributed by atoms with Crippen molar-refractivity contribution >= 4 is 28.4 Å². The standard InChI is InChI=1S/C19H19N3O2/c1-3-18-21-16-6-4-5-7-17(16)22(18)12-19(24)20-15-10-8-14(9-11-15)13(2)23/h4-11H,3,12H2,1-2H3,(H,20,24). The number of amides is 1. The van der Waals surface area contributed by atoms with Crippen LogP contribution in [0.5, 0.6) is 0 Å². The van der Waals surface area contributed by atoms with Gasteiger partial charge in [-0.05, 0) is 43.3 Å². The molecule has 0 saturated heterocycles. The molecule has 1 amide bonds. The molecule has 3 aromatic rings. The lowest BCUT2D eigenvalue weighted by Gasteiger charge is -2.09. The third kappa shape index (κ3) is 3.20. The Bertz CT molecular complexity index is 895. The van der Waals surface area contributed by atoms with Crippen molar-refractivity contribution in [1.29, 1.82) is 0 Å². The number of aryl methyl sites for hydroxylation is 1. The van der Waals surface area contributed by atoms with Gasteiger partial charge in [-0.2, -0.15) is 0 Å². The summed E-state index contributed by atoms with van der Waals surface area (Å²) in [6.07, 6.45) is 0.759. The maximum Gasteiger partial charge on any atom is 0.244 e. The Balaban J connectivity index is 1.78. The van der Waals surface area contributed by atoms with Gasteiger partial charge in [0.15, 0.2) is 5.78 Å². The molecule has 0 unspecified atom stereocenters. The second-order valence-corrected chi connectivity index (χ2v) is 5.64. The zero-order chi connectivity index (χ0) is 17.1. The van der Waals surface area contributed by atoms with Gasteiger partial charge in [-0.25, -0.2) is 4.98 Å². The van der Waals surface area contributed by atoms with Gasteiger partial charge in [-0.3, -0.25) is 9.59 Å². The van der Waals surface area contributed by atoms with E-state index < -0.39 is 0 Å². The monoisotopic (exact) mass is 321 g/mol. The smallest absolute Gasteiger partial charge is 0.244 e. The number of rotatable bonds is 5. The molecule has 1 heterocycles. The molecule has 0 bridgehead atoms. The average Bonchev–Trinajstić information content (AvgIpc) is 2.93. The van der Waals surface area contributed by atoms with Gasteiger partial charge in [-0.1, -0.05) is 19.1 Å². The highest BCUT2D eigenvalue weighted by Crippen LogP contribution is 2.17.